The summed E-state index contributed by atoms with van der Waals surface area (Å²) in [6, 6.07) is 9.06. The Morgan fingerprint density at radius 1 is 0.750 bits per heavy atom. The molecule has 3 rings (SSSR count). The van der Waals surface area contributed by atoms with Crippen molar-refractivity contribution in [1.29, 1.82) is 0 Å². The van der Waals surface area contributed by atoms with E-state index in [1.54, 1.807) is 0 Å². The zero-order chi connectivity index (χ0) is 19.6. The van der Waals surface area contributed by atoms with Gasteiger partial charge in [-0.15, -0.1) is 0 Å². The van der Waals surface area contributed by atoms with Crippen LogP contribution in [-0.4, -0.2) is 6.61 Å². The normalized spacial score (nSPS) is 27.6. The van der Waals surface area contributed by atoms with Gasteiger partial charge >= 0.3 is 0 Å². The summed E-state index contributed by atoms with van der Waals surface area (Å²) in [6.07, 6.45) is 21.4. The van der Waals surface area contributed by atoms with Gasteiger partial charge in [-0.25, -0.2) is 0 Å². The van der Waals surface area contributed by atoms with E-state index in [0.29, 0.717) is 5.92 Å². The van der Waals surface area contributed by atoms with Gasteiger partial charge in [0.2, 0.25) is 0 Å². The van der Waals surface area contributed by atoms with E-state index in [9.17, 15) is 0 Å². The molecule has 0 spiro atoms. The highest BCUT2D eigenvalue weighted by molar-refractivity contribution is 5.29. The molecule has 1 aromatic carbocycles. The van der Waals surface area contributed by atoms with Crippen LogP contribution in [0.5, 0.6) is 5.75 Å². The molecule has 28 heavy (non-hydrogen) atoms. The third-order valence-corrected chi connectivity index (χ3v) is 7.10. The van der Waals surface area contributed by atoms with E-state index in [1.165, 1.54) is 82.6 Å². The minimum atomic E-state index is 0.593. The average molecular weight is 383 g/mol. The lowest BCUT2D eigenvalue weighted by molar-refractivity contribution is 0.254. The van der Waals surface area contributed by atoms with Crippen molar-refractivity contribution in [2.75, 3.05) is 6.61 Å². The van der Waals surface area contributed by atoms with Gasteiger partial charge in [0, 0.05) is 5.92 Å². The smallest absolute Gasteiger partial charge is 0.119 e. The van der Waals surface area contributed by atoms with Crippen molar-refractivity contribution in [3.63, 3.8) is 0 Å². The number of hydrogen-bond donors (Lipinski definition) is 0. The maximum absolute atomic E-state index is 6.10. The second kappa shape index (κ2) is 11.7. The van der Waals surface area contributed by atoms with Gasteiger partial charge in [-0.2, -0.15) is 0 Å². The minimum absolute atomic E-state index is 0.593. The first-order valence-corrected chi connectivity index (χ1v) is 12.2. The zero-order valence-electron chi connectivity index (χ0n) is 18.4. The maximum atomic E-state index is 6.10. The molecular weight excluding hydrogens is 340 g/mol. The fourth-order valence-electron chi connectivity index (χ4n) is 5.19. The first-order chi connectivity index (χ1) is 13.8. The first kappa shape index (κ1) is 21.5. The Morgan fingerprint density at radius 3 is 2.11 bits per heavy atom. The lowest BCUT2D eigenvalue weighted by Gasteiger charge is -2.29. The molecule has 0 N–H and O–H groups in total. The van der Waals surface area contributed by atoms with E-state index < -0.39 is 0 Å². The summed E-state index contributed by atoms with van der Waals surface area (Å²) in [4.78, 5) is 0. The van der Waals surface area contributed by atoms with Crippen molar-refractivity contribution in [3.05, 3.63) is 42.0 Å². The van der Waals surface area contributed by atoms with E-state index in [4.69, 9.17) is 4.74 Å². The van der Waals surface area contributed by atoms with Gasteiger partial charge in [0.25, 0.3) is 0 Å². The highest BCUT2D eigenvalue weighted by atomic mass is 16.5. The molecular formula is C27H42O. The van der Waals surface area contributed by atoms with Crippen LogP contribution in [0.1, 0.15) is 102 Å². The Balaban J connectivity index is 1.39. The number of unbranched alkanes of at least 4 members (excludes halogenated alkanes) is 2. The Morgan fingerprint density at radius 2 is 1.46 bits per heavy atom. The third-order valence-electron chi connectivity index (χ3n) is 7.10. The molecule has 2 unspecified atom stereocenters. The van der Waals surface area contributed by atoms with Gasteiger partial charge in [-0.05, 0) is 80.4 Å². The number of benzene rings is 1. The predicted octanol–water partition coefficient (Wildman–Crippen LogP) is 8.30. The fraction of sp³-hybridized carbons (Fsp3) is 0.704. The minimum Gasteiger partial charge on any atom is -0.493 e. The fourth-order valence-corrected chi connectivity index (χ4v) is 5.19. The molecule has 2 aliphatic carbocycles. The molecule has 2 atom stereocenters. The van der Waals surface area contributed by atoms with E-state index in [-0.39, 0.29) is 0 Å². The zero-order valence-corrected chi connectivity index (χ0v) is 18.4. The topological polar surface area (TPSA) is 9.23 Å². The summed E-state index contributed by atoms with van der Waals surface area (Å²) >= 11 is 0. The highest BCUT2D eigenvalue weighted by Gasteiger charge is 2.22. The second-order valence-corrected chi connectivity index (χ2v) is 9.36. The predicted molar refractivity (Wildman–Crippen MR) is 121 cm³/mol. The third kappa shape index (κ3) is 6.68. The molecule has 1 heteroatoms. The first-order valence-electron chi connectivity index (χ1n) is 12.2. The Kier molecular flexibility index (Phi) is 8.96. The van der Waals surface area contributed by atoms with Crippen molar-refractivity contribution in [1.82, 2.24) is 0 Å². The Hall–Kier alpha value is -1.24. The summed E-state index contributed by atoms with van der Waals surface area (Å²) < 4.78 is 6.10. The van der Waals surface area contributed by atoms with Gasteiger partial charge in [0.15, 0.2) is 0 Å². The number of ether oxygens (including phenoxy) is 1. The molecule has 0 heterocycles. The van der Waals surface area contributed by atoms with Crippen molar-refractivity contribution >= 4 is 0 Å². The SMILES string of the molecule is CCCCCC1CCC(c2ccc(OCC3C=CC(CCC)CC3)cc2)CC1. The molecule has 1 fully saturated rings. The lowest BCUT2D eigenvalue weighted by Crippen LogP contribution is -2.15. The molecule has 1 saturated carbocycles. The Labute approximate surface area is 174 Å². The van der Waals surface area contributed by atoms with Crippen LogP contribution in [0.4, 0.5) is 0 Å². The maximum Gasteiger partial charge on any atom is 0.119 e. The number of allylic oxidation sites excluding steroid dienone is 1. The van der Waals surface area contributed by atoms with Crippen LogP contribution in [0.15, 0.2) is 36.4 Å². The molecule has 0 aliphatic heterocycles. The quantitative estimate of drug-likeness (QED) is 0.292. The second-order valence-electron chi connectivity index (χ2n) is 9.36. The van der Waals surface area contributed by atoms with Gasteiger partial charge in [-0.1, -0.05) is 70.2 Å². The number of hydrogen-bond acceptors (Lipinski definition) is 1. The van der Waals surface area contributed by atoms with Crippen LogP contribution >= 0.6 is 0 Å². The Bertz CT molecular complexity index is 564. The van der Waals surface area contributed by atoms with Crippen LogP contribution in [-0.2, 0) is 0 Å². The largest absolute Gasteiger partial charge is 0.493 e. The highest BCUT2D eigenvalue weighted by Crippen LogP contribution is 2.38. The molecule has 0 radical (unpaired) electrons. The van der Waals surface area contributed by atoms with Crippen LogP contribution in [0.2, 0.25) is 0 Å². The molecule has 1 aromatic rings. The van der Waals surface area contributed by atoms with Crippen molar-refractivity contribution in [2.45, 2.75) is 96.8 Å². The van der Waals surface area contributed by atoms with Gasteiger partial charge < -0.3 is 4.74 Å². The average Bonchev–Trinajstić information content (AvgIpc) is 2.75. The molecule has 156 valence electrons. The van der Waals surface area contributed by atoms with E-state index in [1.807, 2.05) is 0 Å². The van der Waals surface area contributed by atoms with Crippen molar-refractivity contribution < 1.29 is 4.74 Å². The van der Waals surface area contributed by atoms with Crippen molar-refractivity contribution in [3.8, 4) is 5.75 Å². The summed E-state index contributed by atoms with van der Waals surface area (Å²) in [7, 11) is 0. The monoisotopic (exact) mass is 382 g/mol. The van der Waals surface area contributed by atoms with Crippen LogP contribution in [0, 0.1) is 17.8 Å². The van der Waals surface area contributed by atoms with Gasteiger partial charge in [0.1, 0.15) is 5.75 Å². The summed E-state index contributed by atoms with van der Waals surface area (Å²) in [5.41, 5.74) is 1.53. The summed E-state index contributed by atoms with van der Waals surface area (Å²) in [5.74, 6) is 4.21. The lowest BCUT2D eigenvalue weighted by atomic mass is 9.77. The molecule has 0 saturated heterocycles. The van der Waals surface area contributed by atoms with Crippen LogP contribution < -0.4 is 4.74 Å². The standard InChI is InChI=1S/C27H42O/c1-3-5-6-8-23-13-15-25(16-14-23)26-17-19-27(20-18-26)28-21-24-11-9-22(7-4-2)10-12-24/h9,11,17-20,22-25H,3-8,10,12-16,21H2,1-2H3. The molecule has 0 amide bonds. The van der Waals surface area contributed by atoms with Crippen LogP contribution in [0.3, 0.4) is 0 Å². The molecule has 2 aliphatic rings. The van der Waals surface area contributed by atoms with E-state index >= 15 is 0 Å². The number of rotatable bonds is 10. The van der Waals surface area contributed by atoms with Gasteiger partial charge in [-0.3, -0.25) is 0 Å². The molecule has 0 aromatic heterocycles. The summed E-state index contributed by atoms with van der Waals surface area (Å²) in [5, 5.41) is 0. The summed E-state index contributed by atoms with van der Waals surface area (Å²) in [6.45, 7) is 5.42. The van der Waals surface area contributed by atoms with Crippen molar-refractivity contribution in [2.24, 2.45) is 17.8 Å². The van der Waals surface area contributed by atoms with E-state index in [0.717, 1.165) is 30.1 Å². The molecule has 0 bridgehead atoms. The van der Waals surface area contributed by atoms with Crippen LogP contribution in [0.25, 0.3) is 0 Å². The van der Waals surface area contributed by atoms with Gasteiger partial charge in [0.05, 0.1) is 6.61 Å². The van der Waals surface area contributed by atoms with E-state index in [2.05, 4.69) is 50.3 Å². The molecule has 1 nitrogen and oxygen atoms in total.